The van der Waals surface area contributed by atoms with Crippen molar-refractivity contribution >= 4 is 23.0 Å². The number of allylic oxidation sites excluding steroid dienone is 3. The fourth-order valence-electron chi connectivity index (χ4n) is 3.87. The molecule has 0 N–H and O–H groups in total. The minimum atomic E-state index is -0.0542. The Balaban J connectivity index is 1.89. The van der Waals surface area contributed by atoms with Gasteiger partial charge in [0.15, 0.2) is 5.71 Å². The summed E-state index contributed by atoms with van der Waals surface area (Å²) in [7, 11) is 0. The zero-order valence-corrected chi connectivity index (χ0v) is 17.4. The first-order valence-corrected chi connectivity index (χ1v) is 9.82. The molecule has 0 fully saturated rings. The molecule has 2 aromatic rings. The summed E-state index contributed by atoms with van der Waals surface area (Å²) in [6.45, 7) is 11.4. The molecule has 1 aliphatic heterocycles. The Morgan fingerprint density at radius 3 is 2.46 bits per heavy atom. The molecule has 1 amide bonds. The Hall–Kier alpha value is -2.94. The minimum Gasteiger partial charge on any atom is -0.288 e. The zero-order valence-electron chi connectivity index (χ0n) is 17.4. The van der Waals surface area contributed by atoms with Gasteiger partial charge in [0.25, 0.3) is 0 Å². The average molecular weight is 374 g/mol. The molecule has 0 saturated carbocycles. The van der Waals surface area contributed by atoms with E-state index >= 15 is 0 Å². The largest absolute Gasteiger partial charge is 0.288 e. The van der Waals surface area contributed by atoms with Crippen LogP contribution in [0.5, 0.6) is 0 Å². The molecule has 0 radical (unpaired) electrons. The highest BCUT2D eigenvalue weighted by atomic mass is 16.2. The Morgan fingerprint density at radius 1 is 1.11 bits per heavy atom. The van der Waals surface area contributed by atoms with Gasteiger partial charge < -0.3 is 0 Å². The number of hydrogen-bond donors (Lipinski definition) is 0. The number of anilines is 1. The van der Waals surface area contributed by atoms with E-state index < -0.39 is 0 Å². The van der Waals surface area contributed by atoms with Gasteiger partial charge in [0.05, 0.1) is 5.41 Å². The molecule has 0 saturated heterocycles. The van der Waals surface area contributed by atoms with Crippen molar-refractivity contribution in [2.45, 2.75) is 40.0 Å². The van der Waals surface area contributed by atoms with Gasteiger partial charge in [0.2, 0.25) is 11.6 Å². The van der Waals surface area contributed by atoms with Gasteiger partial charge in [-0.15, -0.1) is 0 Å². The van der Waals surface area contributed by atoms with Gasteiger partial charge in [0, 0.05) is 36.5 Å². The summed E-state index contributed by atoms with van der Waals surface area (Å²) in [5, 5.41) is 0. The summed E-state index contributed by atoms with van der Waals surface area (Å²) in [4.78, 5) is 13.7. The number of rotatable bonds is 5. The van der Waals surface area contributed by atoms with Crippen LogP contribution in [-0.2, 0) is 10.2 Å². The molecule has 0 unspecified atom stereocenters. The molecule has 1 aliphatic rings. The summed E-state index contributed by atoms with van der Waals surface area (Å²) >= 11 is 0. The lowest BCUT2D eigenvalue weighted by atomic mass is 9.81. The summed E-state index contributed by atoms with van der Waals surface area (Å²) in [5.74, 6) is -0.0113. The average Bonchev–Trinajstić information content (AvgIpc) is 2.88. The molecule has 0 aliphatic carbocycles. The molecule has 1 heterocycles. The molecular weight excluding hydrogens is 344 g/mol. The summed E-state index contributed by atoms with van der Waals surface area (Å²) in [5.41, 5.74) is 6.03. The van der Waals surface area contributed by atoms with Crippen LogP contribution in [0, 0.1) is 6.92 Å². The van der Waals surface area contributed by atoms with E-state index in [0.29, 0.717) is 0 Å². The molecule has 3 heteroatoms. The Labute approximate surface area is 168 Å². The van der Waals surface area contributed by atoms with Crippen LogP contribution in [0.25, 0.3) is 0 Å². The topological polar surface area (TPSA) is 23.3 Å². The van der Waals surface area contributed by atoms with Crippen LogP contribution in [0.2, 0.25) is 0 Å². The predicted molar refractivity (Wildman–Crippen MR) is 118 cm³/mol. The fraction of sp³-hybridized carbons (Fsp3) is 0.280. The fourth-order valence-corrected chi connectivity index (χ4v) is 3.87. The lowest BCUT2D eigenvalue weighted by Crippen LogP contribution is -2.27. The number of nitrogens with zero attached hydrogens (tertiary/aromatic N) is 2. The van der Waals surface area contributed by atoms with Crippen molar-refractivity contribution in [1.82, 2.24) is 0 Å². The van der Waals surface area contributed by atoms with Crippen LogP contribution < -0.4 is 4.90 Å². The number of hydrogen-bond acceptors (Lipinski definition) is 1. The van der Waals surface area contributed by atoms with Crippen molar-refractivity contribution < 1.29 is 9.37 Å². The Bertz CT molecular complexity index is 965. The van der Waals surface area contributed by atoms with Gasteiger partial charge in [0.1, 0.15) is 6.54 Å². The molecule has 0 aromatic heterocycles. The van der Waals surface area contributed by atoms with E-state index in [1.807, 2.05) is 48.7 Å². The van der Waals surface area contributed by atoms with E-state index in [1.54, 1.807) is 11.8 Å². The normalized spacial score (nSPS) is 15.5. The van der Waals surface area contributed by atoms with Crippen molar-refractivity contribution in [3.63, 3.8) is 0 Å². The standard InChI is InChI=1S/C25H29N2O/c1-6-26-23-16-15-19(2)18-22(23)25(4,5)24(26)14-10-11-17-27(20(3)28)21-12-8-7-9-13-21/h7-18H,6H2,1-5H3/q+1. The SMILES string of the molecule is CC[N+]1=C(/C=C/C=C/N(C(C)=O)c2ccccc2)C(C)(C)c2cc(C)ccc21. The summed E-state index contributed by atoms with van der Waals surface area (Å²) < 4.78 is 2.37. The minimum absolute atomic E-state index is 0.0113. The van der Waals surface area contributed by atoms with Gasteiger partial charge in [-0.3, -0.25) is 9.69 Å². The van der Waals surface area contributed by atoms with E-state index in [1.165, 1.54) is 22.5 Å². The van der Waals surface area contributed by atoms with Crippen LogP contribution in [0.3, 0.4) is 0 Å². The highest BCUT2D eigenvalue weighted by Crippen LogP contribution is 2.40. The van der Waals surface area contributed by atoms with Gasteiger partial charge in [-0.05, 0) is 52.0 Å². The summed E-state index contributed by atoms with van der Waals surface area (Å²) in [6.07, 6.45) is 7.94. The molecule has 0 bridgehead atoms. The number of aryl methyl sites for hydroxylation is 1. The second-order valence-corrected chi connectivity index (χ2v) is 7.70. The number of benzene rings is 2. The molecule has 0 spiro atoms. The van der Waals surface area contributed by atoms with Crippen molar-refractivity contribution in [3.05, 3.63) is 84.1 Å². The van der Waals surface area contributed by atoms with Crippen LogP contribution in [0.1, 0.15) is 38.8 Å². The van der Waals surface area contributed by atoms with Crippen molar-refractivity contribution in [1.29, 1.82) is 0 Å². The maximum atomic E-state index is 12.0. The third-order valence-electron chi connectivity index (χ3n) is 5.34. The third-order valence-corrected chi connectivity index (χ3v) is 5.34. The third kappa shape index (κ3) is 3.70. The molecule has 144 valence electrons. The number of fused-ring (bicyclic) bond motifs is 1. The quantitative estimate of drug-likeness (QED) is 0.500. The van der Waals surface area contributed by atoms with Crippen LogP contribution in [0.4, 0.5) is 11.4 Å². The maximum Gasteiger partial charge on any atom is 0.227 e. The second kappa shape index (κ2) is 7.97. The zero-order chi connectivity index (χ0) is 20.3. The van der Waals surface area contributed by atoms with Gasteiger partial charge in [-0.1, -0.05) is 35.9 Å². The lowest BCUT2D eigenvalue weighted by molar-refractivity contribution is -0.433. The monoisotopic (exact) mass is 373 g/mol. The summed E-state index contributed by atoms with van der Waals surface area (Å²) in [6, 6.07) is 16.4. The van der Waals surface area contributed by atoms with Crippen molar-refractivity contribution in [2.75, 3.05) is 11.4 Å². The van der Waals surface area contributed by atoms with E-state index in [9.17, 15) is 4.79 Å². The molecule has 3 rings (SSSR count). The Kier molecular flexibility index (Phi) is 5.64. The number of amides is 1. The van der Waals surface area contributed by atoms with E-state index in [0.717, 1.165) is 12.2 Å². The van der Waals surface area contributed by atoms with E-state index in [2.05, 4.69) is 56.5 Å². The van der Waals surface area contributed by atoms with Crippen LogP contribution >= 0.6 is 0 Å². The number of carbonyl (C=O) groups is 1. The van der Waals surface area contributed by atoms with Crippen LogP contribution in [0.15, 0.2) is 73.0 Å². The Morgan fingerprint density at radius 2 is 1.82 bits per heavy atom. The smallest absolute Gasteiger partial charge is 0.227 e. The number of para-hydroxylation sites is 1. The van der Waals surface area contributed by atoms with Gasteiger partial charge in [-0.25, -0.2) is 0 Å². The predicted octanol–water partition coefficient (Wildman–Crippen LogP) is 5.51. The molecule has 2 aromatic carbocycles. The first kappa shape index (κ1) is 19.8. The first-order valence-electron chi connectivity index (χ1n) is 9.82. The van der Waals surface area contributed by atoms with Crippen LogP contribution in [-0.4, -0.2) is 22.7 Å². The van der Waals surface area contributed by atoms with E-state index in [-0.39, 0.29) is 11.3 Å². The molecule has 0 atom stereocenters. The lowest BCUT2D eigenvalue weighted by Gasteiger charge is -2.16. The first-order chi connectivity index (χ1) is 13.4. The molecule has 3 nitrogen and oxygen atoms in total. The number of carbonyl (C=O) groups excluding carboxylic acids is 1. The van der Waals surface area contributed by atoms with E-state index in [4.69, 9.17) is 0 Å². The van der Waals surface area contributed by atoms with Crippen molar-refractivity contribution in [3.8, 4) is 0 Å². The van der Waals surface area contributed by atoms with Gasteiger partial charge >= 0.3 is 0 Å². The molecule has 28 heavy (non-hydrogen) atoms. The van der Waals surface area contributed by atoms with Crippen molar-refractivity contribution in [2.24, 2.45) is 0 Å². The van der Waals surface area contributed by atoms with Gasteiger partial charge in [-0.2, -0.15) is 4.58 Å². The second-order valence-electron chi connectivity index (χ2n) is 7.70. The maximum absolute atomic E-state index is 12.0. The highest BCUT2D eigenvalue weighted by Gasteiger charge is 2.43. The highest BCUT2D eigenvalue weighted by molar-refractivity contribution is 6.03. The molecular formula is C25H29N2O+.